The molecule has 114 valence electrons. The zero-order chi connectivity index (χ0) is 14.3. The number of hydrogen-bond donors (Lipinski definition) is 1. The van der Waals surface area contributed by atoms with Gasteiger partial charge < -0.3 is 4.90 Å². The van der Waals surface area contributed by atoms with Gasteiger partial charge in [-0.3, -0.25) is 10.1 Å². The minimum atomic E-state index is -0.252. The Hall–Kier alpha value is -0.520. The Kier molecular flexibility index (Phi) is 3.76. The maximum Gasteiger partial charge on any atom is 0.244 e. The SMILES string of the molecule is O=C1N(CC2CCSC2)C(c2ccsc2)NC12CCCC2. The summed E-state index contributed by atoms with van der Waals surface area (Å²) in [5.41, 5.74) is 1.01. The number of hydrogen-bond acceptors (Lipinski definition) is 4. The Morgan fingerprint density at radius 1 is 1.38 bits per heavy atom. The first-order valence-electron chi connectivity index (χ1n) is 7.97. The van der Waals surface area contributed by atoms with E-state index in [-0.39, 0.29) is 11.7 Å². The molecule has 0 bridgehead atoms. The van der Waals surface area contributed by atoms with Crippen molar-refractivity contribution >= 4 is 29.0 Å². The van der Waals surface area contributed by atoms with Crippen LogP contribution in [-0.2, 0) is 4.79 Å². The van der Waals surface area contributed by atoms with Crippen LogP contribution >= 0.6 is 23.1 Å². The molecule has 5 heteroatoms. The molecule has 2 aliphatic heterocycles. The van der Waals surface area contributed by atoms with Crippen molar-refractivity contribution in [1.29, 1.82) is 0 Å². The molecule has 3 fully saturated rings. The van der Waals surface area contributed by atoms with E-state index in [0.717, 1.165) is 19.4 Å². The van der Waals surface area contributed by atoms with Gasteiger partial charge in [0.05, 0.1) is 5.54 Å². The standard InChI is InChI=1S/C16H22N2OS2/c19-15-16(5-1-2-6-16)17-14(13-4-8-21-11-13)18(15)9-12-3-7-20-10-12/h4,8,11-12,14,17H,1-3,5-7,9-10H2. The minimum absolute atomic E-state index is 0.104. The van der Waals surface area contributed by atoms with Gasteiger partial charge in [0.2, 0.25) is 5.91 Å². The molecule has 21 heavy (non-hydrogen) atoms. The lowest BCUT2D eigenvalue weighted by Gasteiger charge is -2.26. The fourth-order valence-electron chi connectivity index (χ4n) is 4.02. The summed E-state index contributed by atoms with van der Waals surface area (Å²) in [6, 6.07) is 2.17. The maximum absolute atomic E-state index is 13.1. The van der Waals surface area contributed by atoms with Crippen LogP contribution in [-0.4, -0.2) is 34.4 Å². The molecule has 1 amide bonds. The smallest absolute Gasteiger partial charge is 0.244 e. The number of thiophene rings is 1. The van der Waals surface area contributed by atoms with Gasteiger partial charge in [0, 0.05) is 6.54 Å². The van der Waals surface area contributed by atoms with E-state index in [9.17, 15) is 4.79 Å². The molecule has 3 nitrogen and oxygen atoms in total. The number of carbonyl (C=O) groups is 1. The molecule has 1 saturated carbocycles. The number of nitrogens with zero attached hydrogens (tertiary/aromatic N) is 1. The number of thioether (sulfide) groups is 1. The first kappa shape index (κ1) is 14.1. The van der Waals surface area contributed by atoms with Crippen LogP contribution in [0, 0.1) is 5.92 Å². The fourth-order valence-corrected chi connectivity index (χ4v) is 5.97. The van der Waals surface area contributed by atoms with Gasteiger partial charge in [-0.2, -0.15) is 23.1 Å². The van der Waals surface area contributed by atoms with Gasteiger partial charge in [0.1, 0.15) is 6.17 Å². The molecule has 1 N–H and O–H groups in total. The molecular weight excluding hydrogens is 300 g/mol. The summed E-state index contributed by atoms with van der Waals surface area (Å²) >= 11 is 3.75. The molecule has 4 rings (SSSR count). The minimum Gasteiger partial charge on any atom is -0.321 e. The maximum atomic E-state index is 13.1. The van der Waals surface area contributed by atoms with Gasteiger partial charge in [-0.25, -0.2) is 0 Å². The Morgan fingerprint density at radius 3 is 2.90 bits per heavy atom. The molecule has 1 aliphatic carbocycles. The summed E-state index contributed by atoms with van der Waals surface area (Å²) < 4.78 is 0. The Bertz CT molecular complexity index is 504. The Balaban J connectivity index is 1.61. The lowest BCUT2D eigenvalue weighted by Crippen LogP contribution is -2.44. The van der Waals surface area contributed by atoms with E-state index in [4.69, 9.17) is 0 Å². The lowest BCUT2D eigenvalue weighted by atomic mass is 9.97. The van der Waals surface area contributed by atoms with Crippen molar-refractivity contribution in [3.05, 3.63) is 22.4 Å². The van der Waals surface area contributed by atoms with E-state index in [1.54, 1.807) is 11.3 Å². The van der Waals surface area contributed by atoms with Crippen molar-refractivity contribution in [1.82, 2.24) is 10.2 Å². The largest absolute Gasteiger partial charge is 0.321 e. The number of carbonyl (C=O) groups excluding carboxylic acids is 1. The molecule has 0 aromatic carbocycles. The number of amides is 1. The van der Waals surface area contributed by atoms with Crippen LogP contribution in [0.15, 0.2) is 16.8 Å². The summed E-state index contributed by atoms with van der Waals surface area (Å²) in [6.45, 7) is 0.932. The average molecular weight is 322 g/mol. The zero-order valence-electron chi connectivity index (χ0n) is 12.2. The van der Waals surface area contributed by atoms with Crippen molar-refractivity contribution in [2.24, 2.45) is 5.92 Å². The lowest BCUT2D eigenvalue weighted by molar-refractivity contribution is -0.133. The molecular formula is C16H22N2OS2. The van der Waals surface area contributed by atoms with Crippen LogP contribution in [0.5, 0.6) is 0 Å². The second-order valence-electron chi connectivity index (χ2n) is 6.58. The van der Waals surface area contributed by atoms with Crippen LogP contribution in [0.3, 0.4) is 0 Å². The van der Waals surface area contributed by atoms with Crippen LogP contribution in [0.25, 0.3) is 0 Å². The number of nitrogens with one attached hydrogen (secondary N) is 1. The van der Waals surface area contributed by atoms with E-state index in [0.29, 0.717) is 11.8 Å². The second-order valence-corrected chi connectivity index (χ2v) is 8.51. The van der Waals surface area contributed by atoms with E-state index in [1.807, 2.05) is 11.8 Å². The summed E-state index contributed by atoms with van der Waals surface area (Å²) in [4.78, 5) is 15.2. The van der Waals surface area contributed by atoms with Gasteiger partial charge in [-0.15, -0.1) is 0 Å². The third-order valence-corrected chi connectivity index (χ3v) is 7.12. The van der Waals surface area contributed by atoms with Gasteiger partial charge in [-0.1, -0.05) is 12.8 Å². The molecule has 2 atom stereocenters. The van der Waals surface area contributed by atoms with Crippen molar-refractivity contribution in [3.63, 3.8) is 0 Å². The van der Waals surface area contributed by atoms with Crippen LogP contribution in [0.2, 0.25) is 0 Å². The van der Waals surface area contributed by atoms with E-state index >= 15 is 0 Å². The molecule has 1 spiro atoms. The normalized spacial score (nSPS) is 31.6. The van der Waals surface area contributed by atoms with E-state index in [1.165, 1.54) is 36.3 Å². The molecule has 2 unspecified atom stereocenters. The predicted molar refractivity (Wildman–Crippen MR) is 88.5 cm³/mol. The molecule has 2 saturated heterocycles. The molecule has 1 aromatic rings. The average Bonchev–Trinajstić information content (AvgIpc) is 3.26. The molecule has 3 aliphatic rings. The van der Waals surface area contributed by atoms with Gasteiger partial charge >= 0.3 is 0 Å². The topological polar surface area (TPSA) is 32.3 Å². The van der Waals surface area contributed by atoms with E-state index < -0.39 is 0 Å². The first-order chi connectivity index (χ1) is 10.3. The summed E-state index contributed by atoms with van der Waals surface area (Å²) in [5.74, 6) is 3.52. The third kappa shape index (κ3) is 2.43. The Morgan fingerprint density at radius 2 is 2.24 bits per heavy atom. The Labute approximate surface area is 134 Å². The monoisotopic (exact) mass is 322 g/mol. The third-order valence-electron chi connectivity index (χ3n) is 5.19. The van der Waals surface area contributed by atoms with Gasteiger partial charge in [-0.05, 0) is 59.1 Å². The number of rotatable bonds is 3. The van der Waals surface area contributed by atoms with Crippen LogP contribution in [0.4, 0.5) is 0 Å². The zero-order valence-corrected chi connectivity index (χ0v) is 13.8. The van der Waals surface area contributed by atoms with Gasteiger partial charge in [0.25, 0.3) is 0 Å². The van der Waals surface area contributed by atoms with Crippen molar-refractivity contribution in [2.45, 2.75) is 43.8 Å². The highest BCUT2D eigenvalue weighted by Crippen LogP contribution is 2.42. The molecule has 3 heterocycles. The van der Waals surface area contributed by atoms with Crippen LogP contribution in [0.1, 0.15) is 43.8 Å². The fraction of sp³-hybridized carbons (Fsp3) is 0.688. The quantitative estimate of drug-likeness (QED) is 0.927. The van der Waals surface area contributed by atoms with E-state index in [2.05, 4.69) is 27.0 Å². The van der Waals surface area contributed by atoms with Crippen LogP contribution < -0.4 is 5.32 Å². The van der Waals surface area contributed by atoms with Crippen molar-refractivity contribution < 1.29 is 4.79 Å². The summed E-state index contributed by atoms with van der Waals surface area (Å²) in [6.07, 6.45) is 5.76. The molecule has 0 radical (unpaired) electrons. The highest BCUT2D eigenvalue weighted by atomic mass is 32.2. The van der Waals surface area contributed by atoms with Crippen molar-refractivity contribution in [3.8, 4) is 0 Å². The van der Waals surface area contributed by atoms with Crippen molar-refractivity contribution in [2.75, 3.05) is 18.1 Å². The second kappa shape index (κ2) is 5.60. The predicted octanol–water partition coefficient (Wildman–Crippen LogP) is 3.24. The highest BCUT2D eigenvalue weighted by Gasteiger charge is 2.52. The summed E-state index contributed by atoms with van der Waals surface area (Å²) in [7, 11) is 0. The summed E-state index contributed by atoms with van der Waals surface area (Å²) in [5, 5.41) is 8.02. The first-order valence-corrected chi connectivity index (χ1v) is 10.1. The molecule has 1 aromatic heterocycles. The van der Waals surface area contributed by atoms with Gasteiger partial charge in [0.15, 0.2) is 0 Å². The highest BCUT2D eigenvalue weighted by molar-refractivity contribution is 7.99.